The second kappa shape index (κ2) is 11.1. The summed E-state index contributed by atoms with van der Waals surface area (Å²) in [6.45, 7) is 7.86. The van der Waals surface area contributed by atoms with Crippen molar-refractivity contribution >= 4 is 17.3 Å². The van der Waals surface area contributed by atoms with E-state index in [1.807, 2.05) is 69.3 Å². The van der Waals surface area contributed by atoms with Gasteiger partial charge in [-0.2, -0.15) is 0 Å². The first-order valence-electron chi connectivity index (χ1n) is 10.9. The molecule has 7 heteroatoms. The number of rotatable bonds is 10. The molecule has 0 saturated heterocycles. The van der Waals surface area contributed by atoms with Crippen LogP contribution in [0.2, 0.25) is 5.02 Å². The van der Waals surface area contributed by atoms with Crippen LogP contribution in [0, 0.1) is 0 Å². The van der Waals surface area contributed by atoms with Gasteiger partial charge in [0.05, 0.1) is 31.1 Å². The molecule has 0 aliphatic carbocycles. The third-order valence-corrected chi connectivity index (χ3v) is 5.52. The molecule has 174 valence electrons. The lowest BCUT2D eigenvalue weighted by molar-refractivity contribution is -0.0600. The molecule has 1 aliphatic heterocycles. The molecule has 2 aromatic carbocycles. The number of hydrogen-bond acceptors (Lipinski definition) is 6. The van der Waals surface area contributed by atoms with Crippen molar-refractivity contribution in [2.75, 3.05) is 26.8 Å². The van der Waals surface area contributed by atoms with Gasteiger partial charge in [-0.1, -0.05) is 35.0 Å². The summed E-state index contributed by atoms with van der Waals surface area (Å²) >= 11 is 6.39. The number of oxime groups is 1. The minimum absolute atomic E-state index is 0.106. The number of nitrogens with zero attached hydrogens (tertiary/aromatic N) is 2. The van der Waals surface area contributed by atoms with Gasteiger partial charge in [0.2, 0.25) is 0 Å². The highest BCUT2D eigenvalue weighted by Gasteiger charge is 2.26. The number of hydrogen-bond donors (Lipinski definition) is 1. The molecular weight excluding hydrogens is 428 g/mol. The van der Waals surface area contributed by atoms with Crippen molar-refractivity contribution in [2.24, 2.45) is 5.16 Å². The molecule has 0 fully saturated rings. The van der Waals surface area contributed by atoms with Crippen molar-refractivity contribution in [3.05, 3.63) is 64.7 Å². The van der Waals surface area contributed by atoms with E-state index in [0.29, 0.717) is 31.1 Å². The summed E-state index contributed by atoms with van der Waals surface area (Å²) in [6.07, 6.45) is -0.0367. The van der Waals surface area contributed by atoms with E-state index in [1.54, 1.807) is 7.11 Å². The lowest BCUT2D eigenvalue weighted by Crippen LogP contribution is -2.40. The van der Waals surface area contributed by atoms with Gasteiger partial charge in [0.15, 0.2) is 0 Å². The summed E-state index contributed by atoms with van der Waals surface area (Å²) in [5.41, 5.74) is 2.63. The third kappa shape index (κ3) is 7.48. The van der Waals surface area contributed by atoms with Crippen LogP contribution in [0.5, 0.6) is 5.75 Å². The van der Waals surface area contributed by atoms with Crippen molar-refractivity contribution in [1.82, 2.24) is 4.90 Å². The van der Waals surface area contributed by atoms with E-state index in [9.17, 15) is 5.11 Å². The van der Waals surface area contributed by atoms with Gasteiger partial charge in [-0.3, -0.25) is 4.90 Å². The second-order valence-corrected chi connectivity index (χ2v) is 9.47. The molecular formula is C25H33ClN2O4. The van der Waals surface area contributed by atoms with Crippen LogP contribution >= 0.6 is 11.6 Å². The molecule has 1 N–H and O–H groups in total. The maximum Gasteiger partial charge on any atom is 0.145 e. The Morgan fingerprint density at radius 2 is 1.91 bits per heavy atom. The van der Waals surface area contributed by atoms with Crippen molar-refractivity contribution in [1.29, 1.82) is 0 Å². The Bertz CT molecular complexity index is 896. The van der Waals surface area contributed by atoms with Crippen LogP contribution in [0.3, 0.4) is 0 Å². The molecule has 1 aliphatic rings. The maximum absolute atomic E-state index is 10.6. The van der Waals surface area contributed by atoms with E-state index in [1.165, 1.54) is 0 Å². The number of aliphatic hydroxyl groups is 1. The van der Waals surface area contributed by atoms with Crippen LogP contribution in [0.25, 0.3) is 0 Å². The highest BCUT2D eigenvalue weighted by molar-refractivity contribution is 6.31. The number of benzene rings is 2. The fraction of sp³-hybridized carbons (Fsp3) is 0.480. The first-order valence-corrected chi connectivity index (χ1v) is 11.3. The van der Waals surface area contributed by atoms with Gasteiger partial charge in [-0.15, -0.1) is 0 Å². The van der Waals surface area contributed by atoms with Gasteiger partial charge in [-0.25, -0.2) is 0 Å². The molecule has 2 aromatic rings. The largest absolute Gasteiger partial charge is 0.497 e. The maximum atomic E-state index is 10.6. The molecule has 0 aromatic heterocycles. The first-order chi connectivity index (χ1) is 15.2. The third-order valence-electron chi connectivity index (χ3n) is 5.15. The highest BCUT2D eigenvalue weighted by Crippen LogP contribution is 2.22. The van der Waals surface area contributed by atoms with Crippen LogP contribution < -0.4 is 4.74 Å². The lowest BCUT2D eigenvalue weighted by Gasteiger charge is -2.29. The first kappa shape index (κ1) is 24.5. The summed E-state index contributed by atoms with van der Waals surface area (Å²) < 4.78 is 11.0. The molecule has 32 heavy (non-hydrogen) atoms. The second-order valence-electron chi connectivity index (χ2n) is 9.06. The van der Waals surface area contributed by atoms with E-state index in [2.05, 4.69) is 10.1 Å². The quantitative estimate of drug-likeness (QED) is 0.564. The van der Waals surface area contributed by atoms with Gasteiger partial charge in [0.1, 0.15) is 11.9 Å². The number of halogens is 1. The Morgan fingerprint density at radius 1 is 1.19 bits per heavy atom. The van der Waals surface area contributed by atoms with Crippen molar-refractivity contribution in [2.45, 2.75) is 51.5 Å². The SMILES string of the molecule is COc1ccc(C2=NO[C@H](CN(Cc3ccccc3Cl)C[C@H](O)COC(C)(C)C)C2)cc1. The van der Waals surface area contributed by atoms with Gasteiger partial charge in [-0.05, 0) is 62.2 Å². The van der Waals surface area contributed by atoms with Crippen molar-refractivity contribution < 1.29 is 19.4 Å². The summed E-state index contributed by atoms with van der Waals surface area (Å²) in [5, 5.41) is 15.6. The van der Waals surface area contributed by atoms with E-state index in [0.717, 1.165) is 22.6 Å². The number of aliphatic hydroxyl groups excluding tert-OH is 1. The molecule has 2 atom stereocenters. The molecule has 3 rings (SSSR count). The average Bonchev–Trinajstić information content (AvgIpc) is 3.22. The number of ether oxygens (including phenoxy) is 2. The van der Waals surface area contributed by atoms with Crippen molar-refractivity contribution in [3.8, 4) is 5.75 Å². The predicted octanol–water partition coefficient (Wildman–Crippen LogP) is 4.52. The monoisotopic (exact) mass is 460 g/mol. The van der Waals surface area contributed by atoms with E-state index in [4.69, 9.17) is 25.9 Å². The smallest absolute Gasteiger partial charge is 0.145 e. The van der Waals surface area contributed by atoms with E-state index in [-0.39, 0.29) is 18.3 Å². The zero-order valence-electron chi connectivity index (χ0n) is 19.3. The normalized spacial score (nSPS) is 17.2. The molecule has 0 bridgehead atoms. The highest BCUT2D eigenvalue weighted by atomic mass is 35.5. The molecule has 0 saturated carbocycles. The summed E-state index contributed by atoms with van der Waals surface area (Å²) in [7, 11) is 1.65. The fourth-order valence-corrected chi connectivity index (χ4v) is 3.73. The van der Waals surface area contributed by atoms with Gasteiger partial charge in [0, 0.05) is 31.1 Å². The molecule has 0 spiro atoms. The Balaban J connectivity index is 1.63. The van der Waals surface area contributed by atoms with Crippen LogP contribution in [-0.4, -0.2) is 60.3 Å². The molecule has 6 nitrogen and oxygen atoms in total. The molecule has 0 radical (unpaired) electrons. The summed E-state index contributed by atoms with van der Waals surface area (Å²) in [5.74, 6) is 0.808. The average molecular weight is 461 g/mol. The van der Waals surface area contributed by atoms with Crippen molar-refractivity contribution in [3.63, 3.8) is 0 Å². The zero-order chi connectivity index (χ0) is 23.1. The van der Waals surface area contributed by atoms with Crippen LogP contribution in [0.15, 0.2) is 53.7 Å². The van der Waals surface area contributed by atoms with Gasteiger partial charge >= 0.3 is 0 Å². The zero-order valence-corrected chi connectivity index (χ0v) is 20.0. The summed E-state index contributed by atoms with van der Waals surface area (Å²) in [6, 6.07) is 15.6. The predicted molar refractivity (Wildman–Crippen MR) is 127 cm³/mol. The number of methoxy groups -OCH3 is 1. The minimum Gasteiger partial charge on any atom is -0.497 e. The van der Waals surface area contributed by atoms with Crippen LogP contribution in [0.1, 0.15) is 38.3 Å². The van der Waals surface area contributed by atoms with Crippen LogP contribution in [0.4, 0.5) is 0 Å². The topological polar surface area (TPSA) is 63.5 Å². The Labute approximate surface area is 195 Å². The Hall–Kier alpha value is -2.12. The fourth-order valence-electron chi connectivity index (χ4n) is 3.54. The summed E-state index contributed by atoms with van der Waals surface area (Å²) in [4.78, 5) is 7.89. The molecule has 1 heterocycles. The Morgan fingerprint density at radius 3 is 2.56 bits per heavy atom. The minimum atomic E-state index is -0.625. The molecule has 0 amide bonds. The van der Waals surface area contributed by atoms with E-state index < -0.39 is 6.10 Å². The standard InChI is InChI=1S/C25H33ClN2O4/c1-25(2,3)31-17-20(29)15-28(14-19-7-5-6-8-23(19)26)16-22-13-24(27-32-22)18-9-11-21(30-4)12-10-18/h5-12,20,22,29H,13-17H2,1-4H3/t20-,22-/m0/s1. The Kier molecular flexibility index (Phi) is 8.54. The lowest BCUT2D eigenvalue weighted by atomic mass is 10.0. The van der Waals surface area contributed by atoms with E-state index >= 15 is 0 Å². The molecule has 0 unspecified atom stereocenters. The van der Waals surface area contributed by atoms with Gasteiger partial charge < -0.3 is 19.4 Å². The van der Waals surface area contributed by atoms with Gasteiger partial charge in [0.25, 0.3) is 0 Å². The van der Waals surface area contributed by atoms with Crippen LogP contribution in [-0.2, 0) is 16.1 Å².